The van der Waals surface area contributed by atoms with Crippen LogP contribution in [0.1, 0.15) is 40.7 Å². The Morgan fingerprint density at radius 3 is 2.68 bits per heavy atom. The Morgan fingerprint density at radius 2 is 1.97 bits per heavy atom. The molecule has 0 atom stereocenters. The summed E-state index contributed by atoms with van der Waals surface area (Å²) in [5.41, 5.74) is 2.93. The number of rotatable bonds is 6. The Hall–Kier alpha value is -2.65. The lowest BCUT2D eigenvalue weighted by Crippen LogP contribution is -2.27. The van der Waals surface area contributed by atoms with Crippen molar-refractivity contribution in [3.05, 3.63) is 52.7 Å². The first-order valence-electron chi connectivity index (χ1n) is 10.3. The largest absolute Gasteiger partial charge is 0.347 e. The van der Waals surface area contributed by atoms with Crippen molar-refractivity contribution in [1.82, 2.24) is 14.5 Å². The Morgan fingerprint density at radius 1 is 1.23 bits per heavy atom. The van der Waals surface area contributed by atoms with E-state index in [1.807, 2.05) is 36.9 Å². The van der Waals surface area contributed by atoms with Crippen LogP contribution in [0.25, 0.3) is 10.7 Å². The third-order valence-corrected chi connectivity index (χ3v) is 8.00. The van der Waals surface area contributed by atoms with Crippen molar-refractivity contribution in [2.24, 2.45) is 7.05 Å². The fraction of sp³-hybridized carbons (Fsp3) is 0.364. The van der Waals surface area contributed by atoms with Gasteiger partial charge in [-0.15, -0.1) is 11.3 Å². The number of nitrogens with one attached hydrogen (secondary N) is 1. The molecule has 0 saturated carbocycles. The Balaban J connectivity index is 1.61. The van der Waals surface area contributed by atoms with Gasteiger partial charge in [-0.25, -0.2) is 13.4 Å². The van der Waals surface area contributed by atoms with Gasteiger partial charge in [0.1, 0.15) is 14.8 Å². The first kappa shape index (κ1) is 21.6. The lowest BCUT2D eigenvalue weighted by atomic mass is 10.1. The Bertz CT molecular complexity index is 1220. The number of aromatic nitrogens is 2. The molecule has 0 aliphatic carbocycles. The van der Waals surface area contributed by atoms with E-state index in [4.69, 9.17) is 0 Å². The molecule has 164 valence electrons. The zero-order chi connectivity index (χ0) is 22.2. The topological polar surface area (TPSA) is 84.3 Å². The summed E-state index contributed by atoms with van der Waals surface area (Å²) in [6.45, 7) is 5.41. The van der Waals surface area contributed by atoms with E-state index in [1.165, 1.54) is 11.3 Å². The van der Waals surface area contributed by atoms with Crippen LogP contribution in [0.3, 0.4) is 0 Å². The highest BCUT2D eigenvalue weighted by Crippen LogP contribution is 2.32. The molecule has 7 nitrogen and oxygen atoms in total. The van der Waals surface area contributed by atoms with Gasteiger partial charge in [0.2, 0.25) is 0 Å². The molecule has 0 spiro atoms. The van der Waals surface area contributed by atoms with Crippen LogP contribution in [0.5, 0.6) is 0 Å². The fourth-order valence-electron chi connectivity index (χ4n) is 3.73. The van der Waals surface area contributed by atoms with E-state index in [0.717, 1.165) is 37.9 Å². The minimum atomic E-state index is -3.75. The second-order valence-electron chi connectivity index (χ2n) is 7.76. The highest BCUT2D eigenvalue weighted by molar-refractivity contribution is 7.92. The van der Waals surface area contributed by atoms with Crippen molar-refractivity contribution in [3.63, 3.8) is 0 Å². The molecule has 3 heterocycles. The monoisotopic (exact) mass is 458 g/mol. The van der Waals surface area contributed by atoms with Gasteiger partial charge in [0.05, 0.1) is 11.4 Å². The van der Waals surface area contributed by atoms with E-state index < -0.39 is 10.0 Å². The van der Waals surface area contributed by atoms with Crippen molar-refractivity contribution in [3.8, 4) is 10.7 Å². The highest BCUT2D eigenvalue weighted by Gasteiger charge is 2.26. The SMILES string of the molecule is CCc1cccc(NS(=O)(=O)c2cc(-c3nc(C)c(C(=O)N4CCCC4)s3)n(C)c2)c1. The maximum Gasteiger partial charge on any atom is 0.265 e. The van der Waals surface area contributed by atoms with Crippen LogP contribution in [0, 0.1) is 6.92 Å². The molecule has 1 aliphatic rings. The number of amides is 1. The fourth-order valence-corrected chi connectivity index (χ4v) is 5.94. The van der Waals surface area contributed by atoms with Crippen molar-refractivity contribution in [2.75, 3.05) is 17.8 Å². The zero-order valence-electron chi connectivity index (χ0n) is 17.9. The van der Waals surface area contributed by atoms with Crippen LogP contribution in [0.2, 0.25) is 0 Å². The van der Waals surface area contributed by atoms with Crippen molar-refractivity contribution >= 4 is 33.0 Å². The summed E-state index contributed by atoms with van der Waals surface area (Å²) in [4.78, 5) is 20.0. The van der Waals surface area contributed by atoms with E-state index in [0.29, 0.717) is 27.0 Å². The van der Waals surface area contributed by atoms with Gasteiger partial charge in [-0.3, -0.25) is 9.52 Å². The summed E-state index contributed by atoms with van der Waals surface area (Å²) < 4.78 is 30.3. The number of sulfonamides is 1. The standard InChI is InChI=1S/C22H26N4O3S2/c1-4-16-8-7-9-17(12-16)24-31(28,29)18-13-19(25(3)14-18)21-23-15(2)20(30-21)22(27)26-10-5-6-11-26/h7-9,12-14,24H,4-6,10-11H2,1-3H3. The maximum atomic E-state index is 13.0. The third-order valence-electron chi connectivity index (χ3n) is 5.48. The molecule has 1 saturated heterocycles. The van der Waals surface area contributed by atoms with Crippen molar-refractivity contribution in [2.45, 2.75) is 38.0 Å². The van der Waals surface area contributed by atoms with Gasteiger partial charge < -0.3 is 9.47 Å². The summed E-state index contributed by atoms with van der Waals surface area (Å²) in [5, 5.41) is 0.636. The number of nitrogens with zero attached hydrogens (tertiary/aromatic N) is 3. The number of hydrogen-bond donors (Lipinski definition) is 1. The molecule has 0 bridgehead atoms. The van der Waals surface area contributed by atoms with Crippen LogP contribution in [-0.4, -0.2) is 41.9 Å². The highest BCUT2D eigenvalue weighted by atomic mass is 32.2. The van der Waals surface area contributed by atoms with Crippen LogP contribution >= 0.6 is 11.3 Å². The summed E-state index contributed by atoms with van der Waals surface area (Å²) >= 11 is 1.32. The van der Waals surface area contributed by atoms with Crippen LogP contribution in [0.15, 0.2) is 41.4 Å². The molecule has 1 N–H and O–H groups in total. The Kier molecular flexibility index (Phi) is 5.90. The van der Waals surface area contributed by atoms with Crippen LogP contribution in [0.4, 0.5) is 5.69 Å². The quantitative estimate of drug-likeness (QED) is 0.604. The van der Waals surface area contributed by atoms with Gasteiger partial charge >= 0.3 is 0 Å². The molecule has 2 aromatic heterocycles. The molecule has 1 amide bonds. The Labute approximate surface area is 186 Å². The molecule has 4 rings (SSSR count). The van der Waals surface area contributed by atoms with Gasteiger partial charge in [-0.1, -0.05) is 19.1 Å². The van der Waals surface area contributed by atoms with Crippen molar-refractivity contribution < 1.29 is 13.2 Å². The number of anilines is 1. The number of likely N-dealkylation sites (tertiary alicyclic amines) is 1. The van der Waals surface area contributed by atoms with E-state index in [9.17, 15) is 13.2 Å². The first-order valence-corrected chi connectivity index (χ1v) is 12.6. The average molecular weight is 459 g/mol. The second kappa shape index (κ2) is 8.47. The minimum absolute atomic E-state index is 0.0123. The molecule has 1 aliphatic heterocycles. The third kappa shape index (κ3) is 4.38. The van der Waals surface area contributed by atoms with Crippen molar-refractivity contribution in [1.29, 1.82) is 0 Å². The summed E-state index contributed by atoms with van der Waals surface area (Å²) in [6.07, 6.45) is 4.46. The minimum Gasteiger partial charge on any atom is -0.347 e. The van der Waals surface area contributed by atoms with E-state index in [2.05, 4.69) is 9.71 Å². The molecule has 0 radical (unpaired) electrons. The normalized spacial score (nSPS) is 14.2. The van der Waals surface area contributed by atoms with E-state index in [-0.39, 0.29) is 10.8 Å². The predicted octanol–water partition coefficient (Wildman–Crippen LogP) is 4.06. The first-order chi connectivity index (χ1) is 14.8. The van der Waals surface area contributed by atoms with Gasteiger partial charge in [0, 0.05) is 32.0 Å². The molecule has 9 heteroatoms. The zero-order valence-corrected chi connectivity index (χ0v) is 19.5. The number of aryl methyl sites for hydroxylation is 3. The lowest BCUT2D eigenvalue weighted by Gasteiger charge is -2.13. The summed E-state index contributed by atoms with van der Waals surface area (Å²) in [6, 6.07) is 8.98. The molecule has 3 aromatic rings. The van der Waals surface area contributed by atoms with Gasteiger partial charge in [0.25, 0.3) is 15.9 Å². The average Bonchev–Trinajstić information content (AvgIpc) is 3.47. The molecular formula is C22H26N4O3S2. The second-order valence-corrected chi connectivity index (χ2v) is 10.4. The predicted molar refractivity (Wildman–Crippen MR) is 123 cm³/mol. The molecule has 0 unspecified atom stereocenters. The van der Waals surface area contributed by atoms with Gasteiger partial charge in [0.15, 0.2) is 0 Å². The van der Waals surface area contributed by atoms with Gasteiger partial charge in [-0.2, -0.15) is 0 Å². The molecular weight excluding hydrogens is 432 g/mol. The number of thiazole rings is 1. The van der Waals surface area contributed by atoms with Crippen LogP contribution in [-0.2, 0) is 23.5 Å². The number of carbonyl (C=O) groups excluding carboxylic acids is 1. The van der Waals surface area contributed by atoms with Gasteiger partial charge in [-0.05, 0) is 49.9 Å². The van der Waals surface area contributed by atoms with E-state index >= 15 is 0 Å². The smallest absolute Gasteiger partial charge is 0.265 e. The van der Waals surface area contributed by atoms with Crippen LogP contribution < -0.4 is 4.72 Å². The molecule has 1 fully saturated rings. The molecule has 31 heavy (non-hydrogen) atoms. The summed E-state index contributed by atoms with van der Waals surface area (Å²) in [7, 11) is -1.97. The maximum absolute atomic E-state index is 13.0. The molecule has 1 aromatic carbocycles. The number of hydrogen-bond acceptors (Lipinski definition) is 5. The number of benzene rings is 1. The summed E-state index contributed by atoms with van der Waals surface area (Å²) in [5.74, 6) is 0.0123. The lowest BCUT2D eigenvalue weighted by molar-refractivity contribution is 0.0796. The van der Waals surface area contributed by atoms with E-state index in [1.54, 1.807) is 29.9 Å². The number of carbonyl (C=O) groups is 1.